The molecule has 3 aromatic rings. The van der Waals surface area contributed by atoms with Crippen LogP contribution in [0.5, 0.6) is 0 Å². The molecule has 0 amide bonds. The molecule has 0 radical (unpaired) electrons. The van der Waals surface area contributed by atoms with Crippen molar-refractivity contribution in [1.82, 2.24) is 19.6 Å². The third-order valence-corrected chi connectivity index (χ3v) is 5.30. The van der Waals surface area contributed by atoms with Crippen molar-refractivity contribution in [2.45, 2.75) is 27.7 Å². The van der Waals surface area contributed by atoms with Gasteiger partial charge in [0, 0.05) is 37.1 Å². The number of aryl methyl sites for hydroxylation is 2. The molecule has 9 nitrogen and oxygen atoms in total. The number of nitrogens with zero attached hydrogens (tertiary/aromatic N) is 7. The predicted molar refractivity (Wildman–Crippen MR) is 127 cm³/mol. The van der Waals surface area contributed by atoms with Gasteiger partial charge in [-0.2, -0.15) is 5.10 Å². The highest BCUT2D eigenvalue weighted by Gasteiger charge is 2.29. The Labute approximate surface area is 191 Å². The van der Waals surface area contributed by atoms with Gasteiger partial charge in [0.2, 0.25) is 0 Å². The summed E-state index contributed by atoms with van der Waals surface area (Å²) in [7, 11) is 0. The van der Waals surface area contributed by atoms with Crippen LogP contribution in [0.1, 0.15) is 30.9 Å². The zero-order chi connectivity index (χ0) is 23.5. The summed E-state index contributed by atoms with van der Waals surface area (Å²) in [6, 6.07) is 6.06. The summed E-state index contributed by atoms with van der Waals surface area (Å²) in [6.45, 7) is 9.90. The molecule has 0 bridgehead atoms. The quantitative estimate of drug-likeness (QED) is 0.609. The molecular formula is C24H23N7O2. The van der Waals surface area contributed by atoms with E-state index >= 15 is 0 Å². The van der Waals surface area contributed by atoms with Gasteiger partial charge in [-0.3, -0.25) is 9.97 Å². The molecule has 0 aliphatic carbocycles. The maximum atomic E-state index is 11.1. The van der Waals surface area contributed by atoms with E-state index in [4.69, 9.17) is 10.1 Å². The molecule has 33 heavy (non-hydrogen) atoms. The number of aliphatic imine (C=N–C) groups is 1. The number of carbonyl (C=O) groups is 1. The summed E-state index contributed by atoms with van der Waals surface area (Å²) in [5, 5.41) is 13.6. The predicted octanol–water partition coefficient (Wildman–Crippen LogP) is 3.23. The van der Waals surface area contributed by atoms with Crippen LogP contribution in [0, 0.1) is 25.7 Å². The van der Waals surface area contributed by atoms with E-state index in [1.165, 1.54) is 0 Å². The van der Waals surface area contributed by atoms with Crippen LogP contribution in [0.25, 0.3) is 11.4 Å². The summed E-state index contributed by atoms with van der Waals surface area (Å²) in [4.78, 5) is 31.3. The fraction of sp³-hybridized carbons (Fsp3) is 0.250. The van der Waals surface area contributed by atoms with Gasteiger partial charge in [-0.15, -0.1) is 0 Å². The molecule has 4 rings (SSSR count). The first-order valence-electron chi connectivity index (χ1n) is 10.6. The van der Waals surface area contributed by atoms with Crippen LogP contribution in [-0.2, 0) is 4.79 Å². The molecule has 166 valence electrons. The molecule has 0 atom stereocenters. The van der Waals surface area contributed by atoms with Gasteiger partial charge in [-0.05, 0) is 57.4 Å². The van der Waals surface area contributed by atoms with Crippen molar-refractivity contribution in [3.63, 3.8) is 0 Å². The average molecular weight is 441 g/mol. The van der Waals surface area contributed by atoms with Gasteiger partial charge < -0.3 is 10.0 Å². The molecule has 0 saturated heterocycles. The number of imidazole rings is 1. The lowest BCUT2D eigenvalue weighted by Gasteiger charge is -2.21. The van der Waals surface area contributed by atoms with E-state index in [0.29, 0.717) is 28.6 Å². The third kappa shape index (κ3) is 4.23. The Morgan fingerprint density at radius 2 is 2.00 bits per heavy atom. The normalized spacial score (nSPS) is 13.3. The average Bonchev–Trinajstić information content (AvgIpc) is 3.29. The number of hydrogen-bond acceptors (Lipinski definition) is 7. The second-order valence-electron chi connectivity index (χ2n) is 7.38. The molecule has 0 fully saturated rings. The molecule has 1 aliphatic heterocycles. The first-order chi connectivity index (χ1) is 15.9. The van der Waals surface area contributed by atoms with E-state index < -0.39 is 5.97 Å². The highest BCUT2D eigenvalue weighted by molar-refractivity contribution is 6.55. The Bertz CT molecular complexity index is 1340. The van der Waals surface area contributed by atoms with Crippen LogP contribution in [0.15, 0.2) is 46.9 Å². The van der Waals surface area contributed by atoms with Crippen LogP contribution < -0.4 is 4.90 Å². The number of benzene rings is 1. The standard InChI is InChI=1S/C24H23N7O2/c1-5-30(6-2)17-7-8-18(15(3)13-17)28-22-19(9-10-21(32)33)29-31-23(16(4)27-24(22)31)20-14-25-11-12-26-20/h7-8,11-14H,5-6H2,1-4H3,(H,32,33)/b28-22-. The van der Waals surface area contributed by atoms with Gasteiger partial charge in [-0.25, -0.2) is 19.4 Å². The minimum atomic E-state index is -1.24. The summed E-state index contributed by atoms with van der Waals surface area (Å²) in [5.74, 6) is 3.99. The van der Waals surface area contributed by atoms with Crippen molar-refractivity contribution in [3.05, 3.63) is 53.9 Å². The molecule has 1 aromatic carbocycles. The molecule has 0 unspecified atom stereocenters. The molecule has 0 spiro atoms. The van der Waals surface area contributed by atoms with E-state index in [1.54, 1.807) is 23.3 Å². The van der Waals surface area contributed by atoms with Crippen molar-refractivity contribution in [2.75, 3.05) is 18.0 Å². The Morgan fingerprint density at radius 3 is 2.64 bits per heavy atom. The molecular weight excluding hydrogens is 418 g/mol. The minimum Gasteiger partial charge on any atom is -0.472 e. The second kappa shape index (κ2) is 9.04. The van der Waals surface area contributed by atoms with Crippen molar-refractivity contribution < 1.29 is 9.90 Å². The Morgan fingerprint density at radius 1 is 1.21 bits per heavy atom. The van der Waals surface area contributed by atoms with Gasteiger partial charge in [0.15, 0.2) is 11.5 Å². The zero-order valence-corrected chi connectivity index (χ0v) is 18.9. The van der Waals surface area contributed by atoms with E-state index in [-0.39, 0.29) is 5.71 Å². The SMILES string of the molecule is CCN(CC)c1ccc(/N=C2/C(C#CC(=O)O)=Nn3c2nc(C)c3-c2cnccn2)c(C)c1. The number of aromatic nitrogens is 4. The van der Waals surface area contributed by atoms with Crippen molar-refractivity contribution >= 4 is 28.8 Å². The first kappa shape index (κ1) is 21.9. The number of fused-ring (bicyclic) bond motifs is 1. The Hall–Kier alpha value is -4.32. The highest BCUT2D eigenvalue weighted by atomic mass is 16.4. The Balaban J connectivity index is 1.85. The van der Waals surface area contributed by atoms with Gasteiger partial charge >= 0.3 is 5.97 Å². The lowest BCUT2D eigenvalue weighted by atomic mass is 10.1. The zero-order valence-electron chi connectivity index (χ0n) is 18.9. The molecule has 0 saturated carbocycles. The lowest BCUT2D eigenvalue weighted by Crippen LogP contribution is -2.21. The van der Waals surface area contributed by atoms with Crippen LogP contribution in [0.3, 0.4) is 0 Å². The largest absolute Gasteiger partial charge is 0.472 e. The van der Waals surface area contributed by atoms with Crippen molar-refractivity contribution in [3.8, 4) is 23.2 Å². The summed E-state index contributed by atoms with van der Waals surface area (Å²) in [5.41, 5.74) is 5.46. The van der Waals surface area contributed by atoms with E-state index in [2.05, 4.69) is 56.7 Å². The summed E-state index contributed by atoms with van der Waals surface area (Å²) >= 11 is 0. The van der Waals surface area contributed by atoms with Gasteiger partial charge in [0.1, 0.15) is 17.1 Å². The van der Waals surface area contributed by atoms with E-state index in [1.807, 2.05) is 26.0 Å². The molecule has 1 N–H and O–H groups in total. The van der Waals surface area contributed by atoms with E-state index in [0.717, 1.165) is 30.0 Å². The third-order valence-electron chi connectivity index (χ3n) is 5.30. The molecule has 2 aromatic heterocycles. The van der Waals surface area contributed by atoms with Crippen LogP contribution in [0.4, 0.5) is 11.4 Å². The molecule has 9 heteroatoms. The number of carboxylic acid groups (broad SMARTS) is 1. The number of rotatable bonds is 5. The number of hydrogen-bond donors (Lipinski definition) is 1. The number of carboxylic acids is 1. The molecule has 1 aliphatic rings. The monoisotopic (exact) mass is 441 g/mol. The van der Waals surface area contributed by atoms with Crippen molar-refractivity contribution in [2.24, 2.45) is 10.1 Å². The first-order valence-corrected chi connectivity index (χ1v) is 10.6. The Kier molecular flexibility index (Phi) is 6.00. The highest BCUT2D eigenvalue weighted by Crippen LogP contribution is 2.30. The number of aliphatic carboxylic acids is 1. The minimum absolute atomic E-state index is 0.234. The van der Waals surface area contributed by atoms with Crippen LogP contribution >= 0.6 is 0 Å². The summed E-state index contributed by atoms with van der Waals surface area (Å²) < 4.78 is 1.60. The number of anilines is 1. The van der Waals surface area contributed by atoms with Gasteiger partial charge in [0.25, 0.3) is 0 Å². The van der Waals surface area contributed by atoms with E-state index in [9.17, 15) is 4.79 Å². The topological polar surface area (TPSA) is 109 Å². The lowest BCUT2D eigenvalue weighted by molar-refractivity contribution is -0.130. The van der Waals surface area contributed by atoms with Crippen LogP contribution in [0.2, 0.25) is 0 Å². The smallest absolute Gasteiger partial charge is 0.382 e. The van der Waals surface area contributed by atoms with Gasteiger partial charge in [0.05, 0.1) is 17.6 Å². The fourth-order valence-corrected chi connectivity index (χ4v) is 3.71. The maximum Gasteiger partial charge on any atom is 0.382 e. The van der Waals surface area contributed by atoms with Gasteiger partial charge in [-0.1, -0.05) is 0 Å². The second-order valence-corrected chi connectivity index (χ2v) is 7.38. The summed E-state index contributed by atoms with van der Waals surface area (Å²) in [6.07, 6.45) is 4.81. The van der Waals surface area contributed by atoms with Crippen molar-refractivity contribution in [1.29, 1.82) is 0 Å². The fourth-order valence-electron chi connectivity index (χ4n) is 3.71. The molecule has 3 heterocycles. The van der Waals surface area contributed by atoms with Crippen LogP contribution in [-0.4, -0.2) is 55.2 Å². The maximum absolute atomic E-state index is 11.1.